The van der Waals surface area contributed by atoms with Crippen molar-refractivity contribution < 1.29 is 14.3 Å². The third-order valence-corrected chi connectivity index (χ3v) is 6.70. The van der Waals surface area contributed by atoms with Crippen LogP contribution in [-0.4, -0.2) is 36.7 Å². The van der Waals surface area contributed by atoms with E-state index in [9.17, 15) is 4.79 Å². The third kappa shape index (κ3) is 3.84. The number of para-hydroxylation sites is 1. The Bertz CT molecular complexity index is 1360. The van der Waals surface area contributed by atoms with Gasteiger partial charge in [0.05, 0.1) is 31.0 Å². The summed E-state index contributed by atoms with van der Waals surface area (Å²) in [6, 6.07) is 19.5. The van der Waals surface area contributed by atoms with E-state index in [1.165, 1.54) is 23.6 Å². The second-order valence-electron chi connectivity index (χ2n) is 8.44. The molecule has 4 aromatic rings. The van der Waals surface area contributed by atoms with Gasteiger partial charge in [0.25, 0.3) is 0 Å². The molecule has 2 amide bonds. The van der Waals surface area contributed by atoms with Crippen molar-refractivity contribution in [2.24, 2.45) is 0 Å². The zero-order chi connectivity index (χ0) is 23.8. The molecule has 6 nitrogen and oxygen atoms in total. The van der Waals surface area contributed by atoms with Gasteiger partial charge in [-0.05, 0) is 36.6 Å². The number of fused-ring (bicyclic) bond motifs is 3. The Labute approximate surface area is 203 Å². The second-order valence-corrected chi connectivity index (χ2v) is 8.84. The van der Waals surface area contributed by atoms with Crippen molar-refractivity contribution in [1.82, 2.24) is 9.88 Å². The van der Waals surface area contributed by atoms with Gasteiger partial charge in [0.15, 0.2) is 0 Å². The van der Waals surface area contributed by atoms with E-state index in [4.69, 9.17) is 21.1 Å². The Kier molecular flexibility index (Phi) is 5.84. The van der Waals surface area contributed by atoms with Crippen LogP contribution in [0, 0.1) is 6.92 Å². The number of anilines is 1. The second kappa shape index (κ2) is 8.95. The van der Waals surface area contributed by atoms with Crippen LogP contribution in [0.15, 0.2) is 60.7 Å². The summed E-state index contributed by atoms with van der Waals surface area (Å²) in [7, 11) is 3.09. The van der Waals surface area contributed by atoms with E-state index < -0.39 is 0 Å². The van der Waals surface area contributed by atoms with Crippen LogP contribution in [0.25, 0.3) is 10.9 Å². The summed E-state index contributed by atoms with van der Waals surface area (Å²) in [6.45, 7) is 2.63. The number of hydrogen-bond donors (Lipinski definition) is 2. The quantitative estimate of drug-likeness (QED) is 0.362. The van der Waals surface area contributed by atoms with E-state index in [1.54, 1.807) is 19.2 Å². The van der Waals surface area contributed by atoms with Crippen molar-refractivity contribution >= 4 is 34.2 Å². The van der Waals surface area contributed by atoms with E-state index in [-0.39, 0.29) is 12.1 Å². The molecular formula is C27H26ClN3O3. The van der Waals surface area contributed by atoms with Gasteiger partial charge in [-0.1, -0.05) is 59.6 Å². The van der Waals surface area contributed by atoms with Gasteiger partial charge < -0.3 is 24.7 Å². The molecule has 3 aromatic carbocycles. The number of hydrogen-bond acceptors (Lipinski definition) is 3. The van der Waals surface area contributed by atoms with Crippen LogP contribution in [0.5, 0.6) is 11.5 Å². The highest BCUT2D eigenvalue weighted by molar-refractivity contribution is 6.32. The van der Waals surface area contributed by atoms with Gasteiger partial charge in [-0.25, -0.2) is 4.79 Å². The first-order valence-corrected chi connectivity index (χ1v) is 11.5. The molecule has 2 heterocycles. The summed E-state index contributed by atoms with van der Waals surface area (Å²) < 4.78 is 10.8. The summed E-state index contributed by atoms with van der Waals surface area (Å²) in [4.78, 5) is 19.1. The first kappa shape index (κ1) is 22.2. The fraction of sp³-hybridized carbons (Fsp3) is 0.222. The largest absolute Gasteiger partial charge is 0.495 e. The molecule has 1 atom stereocenters. The summed E-state index contributed by atoms with van der Waals surface area (Å²) in [5, 5.41) is 4.61. The summed E-state index contributed by atoms with van der Waals surface area (Å²) in [5.74, 6) is 0.958. The standard InChI is InChI=1S/C27H26ClN3O3/c1-16-8-10-17(11-9-16)26-25-19(18-6-4-5-7-21(18)29-25)12-13-31(26)27(32)30-22-14-20(28)23(33-2)15-24(22)34-3/h4-11,14-15,26,29H,12-13H2,1-3H3,(H,30,32). The number of H-pyrrole nitrogens is 1. The van der Waals surface area contributed by atoms with E-state index in [0.717, 1.165) is 23.2 Å². The number of rotatable bonds is 4. The maximum atomic E-state index is 13.6. The number of aromatic nitrogens is 1. The number of nitrogens with zero attached hydrogens (tertiary/aromatic N) is 1. The molecule has 2 N–H and O–H groups in total. The Hall–Kier alpha value is -3.64. The van der Waals surface area contributed by atoms with Crippen LogP contribution in [0.2, 0.25) is 5.02 Å². The lowest BCUT2D eigenvalue weighted by Crippen LogP contribution is -2.43. The zero-order valence-electron chi connectivity index (χ0n) is 19.3. The van der Waals surface area contributed by atoms with Gasteiger partial charge in [0, 0.05) is 29.2 Å². The maximum absolute atomic E-state index is 13.6. The lowest BCUT2D eigenvalue weighted by atomic mass is 9.92. The molecule has 174 valence electrons. The fourth-order valence-electron chi connectivity index (χ4n) is 4.70. The minimum atomic E-state index is -0.253. The number of benzene rings is 3. The number of urea groups is 1. The molecule has 7 heteroatoms. The highest BCUT2D eigenvalue weighted by atomic mass is 35.5. The molecular weight excluding hydrogens is 450 g/mol. The maximum Gasteiger partial charge on any atom is 0.322 e. The van der Waals surface area contributed by atoms with Crippen LogP contribution in [0.4, 0.5) is 10.5 Å². The third-order valence-electron chi connectivity index (χ3n) is 6.40. The lowest BCUT2D eigenvalue weighted by molar-refractivity contribution is 0.193. The zero-order valence-corrected chi connectivity index (χ0v) is 20.1. The number of halogens is 1. The molecule has 0 saturated carbocycles. The van der Waals surface area contributed by atoms with Crippen molar-refractivity contribution in [2.45, 2.75) is 19.4 Å². The minimum Gasteiger partial charge on any atom is -0.495 e. The van der Waals surface area contributed by atoms with E-state index in [2.05, 4.69) is 59.7 Å². The fourth-order valence-corrected chi connectivity index (χ4v) is 4.94. The number of aromatic amines is 1. The van der Waals surface area contributed by atoms with E-state index in [1.807, 2.05) is 11.0 Å². The lowest BCUT2D eigenvalue weighted by Gasteiger charge is -2.36. The van der Waals surface area contributed by atoms with Gasteiger partial charge in [-0.15, -0.1) is 0 Å². The first-order valence-electron chi connectivity index (χ1n) is 11.2. The van der Waals surface area contributed by atoms with Crippen LogP contribution in [-0.2, 0) is 6.42 Å². The predicted molar refractivity (Wildman–Crippen MR) is 135 cm³/mol. The number of ether oxygens (including phenoxy) is 2. The normalized spacial score (nSPS) is 15.2. The molecule has 0 bridgehead atoms. The molecule has 1 aliphatic rings. The van der Waals surface area contributed by atoms with Crippen molar-refractivity contribution in [3.8, 4) is 11.5 Å². The Morgan fingerprint density at radius 1 is 1.06 bits per heavy atom. The molecule has 0 fully saturated rings. The molecule has 34 heavy (non-hydrogen) atoms. The number of carbonyl (C=O) groups is 1. The van der Waals surface area contributed by atoms with Crippen molar-refractivity contribution in [1.29, 1.82) is 0 Å². The van der Waals surface area contributed by atoms with Gasteiger partial charge in [0.1, 0.15) is 11.5 Å². The van der Waals surface area contributed by atoms with Crippen molar-refractivity contribution in [3.05, 3.63) is 88.1 Å². The highest BCUT2D eigenvalue weighted by Gasteiger charge is 2.35. The van der Waals surface area contributed by atoms with Gasteiger partial charge in [-0.2, -0.15) is 0 Å². The van der Waals surface area contributed by atoms with Crippen LogP contribution < -0.4 is 14.8 Å². The number of aryl methyl sites for hydroxylation is 1. The highest BCUT2D eigenvalue weighted by Crippen LogP contribution is 2.40. The summed E-state index contributed by atoms with van der Waals surface area (Å²) in [5.41, 5.74) is 6.10. The van der Waals surface area contributed by atoms with Crippen molar-refractivity contribution in [3.63, 3.8) is 0 Å². The summed E-state index contributed by atoms with van der Waals surface area (Å²) >= 11 is 6.33. The molecule has 1 unspecified atom stereocenters. The van der Waals surface area contributed by atoms with Crippen LogP contribution >= 0.6 is 11.6 Å². The molecule has 1 aliphatic heterocycles. The average Bonchev–Trinajstić information content (AvgIpc) is 3.23. The Morgan fingerprint density at radius 3 is 2.53 bits per heavy atom. The monoisotopic (exact) mass is 475 g/mol. The number of methoxy groups -OCH3 is 2. The van der Waals surface area contributed by atoms with Gasteiger partial charge in [-0.3, -0.25) is 0 Å². The molecule has 0 saturated heterocycles. The molecule has 0 aliphatic carbocycles. The molecule has 1 aromatic heterocycles. The van der Waals surface area contributed by atoms with Gasteiger partial charge >= 0.3 is 6.03 Å². The van der Waals surface area contributed by atoms with E-state index in [0.29, 0.717) is 28.8 Å². The van der Waals surface area contributed by atoms with E-state index >= 15 is 0 Å². The number of carbonyl (C=O) groups excluding carboxylic acids is 1. The van der Waals surface area contributed by atoms with Crippen LogP contribution in [0.1, 0.15) is 28.4 Å². The first-order chi connectivity index (χ1) is 16.5. The smallest absolute Gasteiger partial charge is 0.322 e. The summed E-state index contributed by atoms with van der Waals surface area (Å²) in [6.07, 6.45) is 0.760. The average molecular weight is 476 g/mol. The predicted octanol–water partition coefficient (Wildman–Crippen LogP) is 6.33. The van der Waals surface area contributed by atoms with Crippen LogP contribution in [0.3, 0.4) is 0 Å². The minimum absolute atomic E-state index is 0.227. The Morgan fingerprint density at radius 2 is 1.79 bits per heavy atom. The molecule has 5 rings (SSSR count). The SMILES string of the molecule is COc1cc(OC)c(NC(=O)N2CCc3c([nH]c4ccccc34)C2c2ccc(C)cc2)cc1Cl. The van der Waals surface area contributed by atoms with Gasteiger partial charge in [0.2, 0.25) is 0 Å². The number of amides is 2. The topological polar surface area (TPSA) is 66.6 Å². The molecule has 0 radical (unpaired) electrons. The number of nitrogens with one attached hydrogen (secondary N) is 2. The molecule has 0 spiro atoms. The van der Waals surface area contributed by atoms with Crippen molar-refractivity contribution in [2.75, 3.05) is 26.1 Å². The Balaban J connectivity index is 1.56.